The monoisotopic (exact) mass is 252 g/mol. The largest absolute Gasteiger partial charge is 0.381 e. The van der Waals surface area contributed by atoms with Crippen molar-refractivity contribution in [3.8, 4) is 0 Å². The molecular formula is C15H28N2O. The van der Waals surface area contributed by atoms with Crippen LogP contribution in [0.4, 0.5) is 0 Å². The van der Waals surface area contributed by atoms with E-state index in [1.54, 1.807) is 0 Å². The van der Waals surface area contributed by atoms with Crippen LogP contribution in [0, 0.1) is 5.92 Å². The normalized spacial score (nSPS) is 45.8. The molecule has 3 fully saturated rings. The predicted octanol–water partition coefficient (Wildman–Crippen LogP) is 2.02. The van der Waals surface area contributed by atoms with Gasteiger partial charge in [-0.3, -0.25) is 4.90 Å². The zero-order valence-corrected chi connectivity index (χ0v) is 12.1. The van der Waals surface area contributed by atoms with Gasteiger partial charge < -0.3 is 10.1 Å². The van der Waals surface area contributed by atoms with Gasteiger partial charge in [0.25, 0.3) is 0 Å². The van der Waals surface area contributed by atoms with Crippen molar-refractivity contribution < 1.29 is 4.74 Å². The van der Waals surface area contributed by atoms with Crippen LogP contribution in [0.3, 0.4) is 0 Å². The summed E-state index contributed by atoms with van der Waals surface area (Å²) in [6, 6.07) is 1.51. The van der Waals surface area contributed by atoms with Crippen molar-refractivity contribution >= 4 is 0 Å². The Morgan fingerprint density at radius 3 is 2.61 bits per heavy atom. The second-order valence-corrected chi connectivity index (χ2v) is 6.79. The highest BCUT2D eigenvalue weighted by atomic mass is 16.5. The molecule has 1 aliphatic heterocycles. The van der Waals surface area contributed by atoms with Gasteiger partial charge in [0.15, 0.2) is 0 Å². The van der Waals surface area contributed by atoms with Crippen LogP contribution in [-0.2, 0) is 4.74 Å². The van der Waals surface area contributed by atoms with Crippen molar-refractivity contribution in [3.63, 3.8) is 0 Å². The fourth-order valence-electron chi connectivity index (χ4n) is 3.83. The summed E-state index contributed by atoms with van der Waals surface area (Å²) in [5.74, 6) is 0.927. The molecule has 2 unspecified atom stereocenters. The van der Waals surface area contributed by atoms with E-state index in [2.05, 4.69) is 24.1 Å². The third-order valence-electron chi connectivity index (χ3n) is 5.54. The van der Waals surface area contributed by atoms with Crippen LogP contribution in [0.1, 0.15) is 46.0 Å². The molecule has 1 saturated heterocycles. The summed E-state index contributed by atoms with van der Waals surface area (Å²) in [7, 11) is 1.85. The molecule has 2 atom stereocenters. The summed E-state index contributed by atoms with van der Waals surface area (Å²) < 4.78 is 5.45. The molecule has 0 radical (unpaired) electrons. The molecular weight excluding hydrogens is 224 g/mol. The second kappa shape index (κ2) is 4.77. The molecule has 1 N–H and O–H groups in total. The number of hydrogen-bond acceptors (Lipinski definition) is 3. The number of piperazine rings is 1. The van der Waals surface area contributed by atoms with Crippen molar-refractivity contribution in [2.45, 2.75) is 69.7 Å². The van der Waals surface area contributed by atoms with E-state index in [4.69, 9.17) is 4.74 Å². The number of ether oxygens (including phenoxy) is 1. The summed E-state index contributed by atoms with van der Waals surface area (Å²) >= 11 is 0. The molecule has 2 saturated carbocycles. The molecule has 3 heteroatoms. The predicted molar refractivity (Wildman–Crippen MR) is 73.7 cm³/mol. The van der Waals surface area contributed by atoms with E-state index in [0.717, 1.165) is 18.0 Å². The number of nitrogens with zero attached hydrogens (tertiary/aromatic N) is 1. The van der Waals surface area contributed by atoms with Gasteiger partial charge in [-0.2, -0.15) is 0 Å². The van der Waals surface area contributed by atoms with Crippen molar-refractivity contribution in [1.29, 1.82) is 0 Å². The maximum atomic E-state index is 5.45. The fourth-order valence-corrected chi connectivity index (χ4v) is 3.83. The molecule has 0 aromatic heterocycles. The summed E-state index contributed by atoms with van der Waals surface area (Å²) in [5.41, 5.74) is 0.379. The SMILES string of the molecule is CCC1CNC(C)(C2CC2)CN1C1CC(OC)C1. The number of nitrogens with one attached hydrogen (secondary N) is 1. The Kier molecular flexibility index (Phi) is 3.41. The van der Waals surface area contributed by atoms with Gasteiger partial charge in [0, 0.05) is 37.8 Å². The van der Waals surface area contributed by atoms with Crippen molar-refractivity contribution in [2.75, 3.05) is 20.2 Å². The Hall–Kier alpha value is -0.120. The van der Waals surface area contributed by atoms with Gasteiger partial charge in [-0.1, -0.05) is 6.92 Å². The minimum absolute atomic E-state index is 0.379. The van der Waals surface area contributed by atoms with Gasteiger partial charge in [0.05, 0.1) is 6.10 Å². The highest BCUT2D eigenvalue weighted by Crippen LogP contribution is 2.43. The highest BCUT2D eigenvalue weighted by molar-refractivity contribution is 5.06. The Bertz CT molecular complexity index is 299. The average molecular weight is 252 g/mol. The van der Waals surface area contributed by atoms with E-state index >= 15 is 0 Å². The Morgan fingerprint density at radius 1 is 1.33 bits per heavy atom. The van der Waals surface area contributed by atoms with E-state index in [9.17, 15) is 0 Å². The Morgan fingerprint density at radius 2 is 2.06 bits per heavy atom. The first-order valence-corrected chi connectivity index (χ1v) is 7.70. The van der Waals surface area contributed by atoms with Crippen LogP contribution in [0.2, 0.25) is 0 Å². The lowest BCUT2D eigenvalue weighted by molar-refractivity contribution is -0.0640. The maximum absolute atomic E-state index is 5.45. The fraction of sp³-hybridized carbons (Fsp3) is 1.00. The molecule has 2 aliphatic carbocycles. The topological polar surface area (TPSA) is 24.5 Å². The van der Waals surface area contributed by atoms with E-state index < -0.39 is 0 Å². The molecule has 0 aromatic carbocycles. The van der Waals surface area contributed by atoms with Crippen molar-refractivity contribution in [3.05, 3.63) is 0 Å². The number of hydrogen-bond donors (Lipinski definition) is 1. The quantitative estimate of drug-likeness (QED) is 0.828. The standard InChI is InChI=1S/C15H28N2O/c1-4-12-9-16-15(2,11-5-6-11)10-17(12)13-7-14(8-13)18-3/h11-14,16H,4-10H2,1-3H3. The zero-order chi connectivity index (χ0) is 12.8. The first-order chi connectivity index (χ1) is 8.66. The minimum atomic E-state index is 0.379. The third-order valence-corrected chi connectivity index (χ3v) is 5.54. The average Bonchev–Trinajstić information content (AvgIpc) is 3.12. The highest BCUT2D eigenvalue weighted by Gasteiger charge is 2.48. The zero-order valence-electron chi connectivity index (χ0n) is 12.1. The molecule has 3 nitrogen and oxygen atoms in total. The van der Waals surface area contributed by atoms with Gasteiger partial charge in [-0.05, 0) is 44.9 Å². The minimum Gasteiger partial charge on any atom is -0.381 e. The van der Waals surface area contributed by atoms with Crippen molar-refractivity contribution in [1.82, 2.24) is 10.2 Å². The molecule has 18 heavy (non-hydrogen) atoms. The van der Waals surface area contributed by atoms with Gasteiger partial charge in [-0.15, -0.1) is 0 Å². The van der Waals surface area contributed by atoms with Crippen LogP contribution < -0.4 is 5.32 Å². The molecule has 0 spiro atoms. The lowest BCUT2D eigenvalue weighted by Gasteiger charge is -2.53. The first kappa shape index (κ1) is 12.9. The lowest BCUT2D eigenvalue weighted by Crippen LogP contribution is -2.67. The van der Waals surface area contributed by atoms with Crippen LogP contribution in [0.15, 0.2) is 0 Å². The molecule has 1 heterocycles. The molecule has 3 aliphatic rings. The summed E-state index contributed by atoms with van der Waals surface area (Å²) in [4.78, 5) is 2.80. The van der Waals surface area contributed by atoms with E-state index in [1.165, 1.54) is 45.2 Å². The van der Waals surface area contributed by atoms with Gasteiger partial charge in [0.1, 0.15) is 0 Å². The van der Waals surface area contributed by atoms with Crippen LogP contribution in [0.25, 0.3) is 0 Å². The second-order valence-electron chi connectivity index (χ2n) is 6.79. The number of rotatable bonds is 4. The molecule has 104 valence electrons. The van der Waals surface area contributed by atoms with Crippen LogP contribution in [0.5, 0.6) is 0 Å². The van der Waals surface area contributed by atoms with Gasteiger partial charge in [0.2, 0.25) is 0 Å². The molecule has 3 rings (SSSR count). The summed E-state index contributed by atoms with van der Waals surface area (Å²) in [6.07, 6.45) is 7.14. The summed E-state index contributed by atoms with van der Waals surface area (Å²) in [6.45, 7) is 7.19. The van der Waals surface area contributed by atoms with E-state index in [0.29, 0.717) is 11.6 Å². The smallest absolute Gasteiger partial charge is 0.0601 e. The number of methoxy groups -OCH3 is 1. The molecule has 0 bridgehead atoms. The van der Waals surface area contributed by atoms with Crippen molar-refractivity contribution in [2.24, 2.45) is 5.92 Å². The maximum Gasteiger partial charge on any atom is 0.0601 e. The van der Waals surface area contributed by atoms with E-state index in [1.807, 2.05) is 7.11 Å². The third kappa shape index (κ3) is 2.21. The van der Waals surface area contributed by atoms with Gasteiger partial charge >= 0.3 is 0 Å². The Balaban J connectivity index is 1.64. The Labute approximate surface area is 111 Å². The van der Waals surface area contributed by atoms with Gasteiger partial charge in [-0.25, -0.2) is 0 Å². The lowest BCUT2D eigenvalue weighted by atomic mass is 9.82. The molecule has 0 aromatic rings. The van der Waals surface area contributed by atoms with E-state index in [-0.39, 0.29) is 0 Å². The summed E-state index contributed by atoms with van der Waals surface area (Å²) in [5, 5.41) is 3.84. The molecule has 0 amide bonds. The van der Waals surface area contributed by atoms with Crippen LogP contribution >= 0.6 is 0 Å². The van der Waals surface area contributed by atoms with Crippen LogP contribution in [-0.4, -0.2) is 48.8 Å². The first-order valence-electron chi connectivity index (χ1n) is 7.70.